The van der Waals surface area contributed by atoms with E-state index in [0.29, 0.717) is 6.04 Å². The van der Waals surface area contributed by atoms with Gasteiger partial charge in [-0.25, -0.2) is 0 Å². The van der Waals surface area contributed by atoms with Gasteiger partial charge in [0, 0.05) is 25.7 Å². The molecule has 0 aromatic carbocycles. The number of hydrogen-bond acceptors (Lipinski definition) is 2. The lowest BCUT2D eigenvalue weighted by Crippen LogP contribution is -2.48. The lowest BCUT2D eigenvalue weighted by Gasteiger charge is -2.40. The topological polar surface area (TPSA) is 29.3 Å². The Hall–Kier alpha value is -0.0800. The molecular formula is C17H32N2. The van der Waals surface area contributed by atoms with Crippen LogP contribution in [0, 0.1) is 23.7 Å². The Morgan fingerprint density at radius 1 is 1.00 bits per heavy atom. The van der Waals surface area contributed by atoms with Gasteiger partial charge in [-0.15, -0.1) is 0 Å². The van der Waals surface area contributed by atoms with Gasteiger partial charge in [-0.1, -0.05) is 19.8 Å². The number of nitrogens with two attached hydrogens (primary N) is 1. The first-order valence-electron chi connectivity index (χ1n) is 8.70. The molecule has 0 saturated heterocycles. The molecule has 0 aromatic rings. The third-order valence-electron chi connectivity index (χ3n) is 5.61. The van der Waals surface area contributed by atoms with Gasteiger partial charge in [0.25, 0.3) is 0 Å². The van der Waals surface area contributed by atoms with E-state index in [1.165, 1.54) is 64.5 Å². The molecule has 3 aliphatic carbocycles. The van der Waals surface area contributed by atoms with Crippen LogP contribution in [0.2, 0.25) is 0 Å². The summed E-state index contributed by atoms with van der Waals surface area (Å²) < 4.78 is 0. The molecule has 0 amide bonds. The van der Waals surface area contributed by atoms with Crippen molar-refractivity contribution in [3.63, 3.8) is 0 Å². The second kappa shape index (κ2) is 6.13. The highest BCUT2D eigenvalue weighted by Gasteiger charge is 2.36. The van der Waals surface area contributed by atoms with Crippen molar-refractivity contribution in [2.45, 2.75) is 64.3 Å². The summed E-state index contributed by atoms with van der Waals surface area (Å²) in [5, 5.41) is 0. The van der Waals surface area contributed by atoms with Crippen LogP contribution in [0.5, 0.6) is 0 Å². The van der Waals surface area contributed by atoms with Crippen molar-refractivity contribution in [3.8, 4) is 0 Å². The van der Waals surface area contributed by atoms with E-state index in [1.54, 1.807) is 0 Å². The lowest BCUT2D eigenvalue weighted by atomic mass is 9.78. The second-order valence-corrected chi connectivity index (χ2v) is 7.68. The average Bonchev–Trinajstić information content (AvgIpc) is 3.25. The summed E-state index contributed by atoms with van der Waals surface area (Å²) in [5.41, 5.74) is 6.20. The quantitative estimate of drug-likeness (QED) is 0.765. The minimum absolute atomic E-state index is 0.684. The molecule has 0 heterocycles. The van der Waals surface area contributed by atoms with Gasteiger partial charge in [0.05, 0.1) is 0 Å². The van der Waals surface area contributed by atoms with Crippen molar-refractivity contribution in [1.82, 2.24) is 4.90 Å². The van der Waals surface area contributed by atoms with Gasteiger partial charge in [-0.05, 0) is 62.2 Å². The summed E-state index contributed by atoms with van der Waals surface area (Å²) in [4.78, 5) is 2.82. The molecule has 0 aromatic heterocycles. The van der Waals surface area contributed by atoms with Crippen LogP contribution >= 0.6 is 0 Å². The first-order chi connectivity index (χ1) is 9.26. The largest absolute Gasteiger partial charge is 0.329 e. The van der Waals surface area contributed by atoms with Crippen molar-refractivity contribution in [1.29, 1.82) is 0 Å². The predicted octanol–water partition coefficient (Wildman–Crippen LogP) is 3.26. The SMILES string of the molecule is CC1CCCC(C(CN)N(CC2CC2)CC2CC2)C1. The minimum Gasteiger partial charge on any atom is -0.329 e. The number of rotatable bonds is 7. The molecule has 3 saturated carbocycles. The molecule has 0 radical (unpaired) electrons. The second-order valence-electron chi connectivity index (χ2n) is 7.68. The maximum atomic E-state index is 6.20. The van der Waals surface area contributed by atoms with Crippen molar-refractivity contribution in [3.05, 3.63) is 0 Å². The van der Waals surface area contributed by atoms with Crippen molar-refractivity contribution >= 4 is 0 Å². The molecule has 3 aliphatic rings. The fraction of sp³-hybridized carbons (Fsp3) is 1.00. The van der Waals surface area contributed by atoms with E-state index in [-0.39, 0.29) is 0 Å². The third kappa shape index (κ3) is 3.95. The van der Waals surface area contributed by atoms with Crippen molar-refractivity contribution in [2.75, 3.05) is 19.6 Å². The highest BCUT2D eigenvalue weighted by Crippen LogP contribution is 2.38. The molecule has 110 valence electrons. The van der Waals surface area contributed by atoms with Crippen LogP contribution in [0.25, 0.3) is 0 Å². The van der Waals surface area contributed by atoms with Crippen molar-refractivity contribution < 1.29 is 0 Å². The van der Waals surface area contributed by atoms with Gasteiger partial charge >= 0.3 is 0 Å². The molecule has 2 N–H and O–H groups in total. The van der Waals surface area contributed by atoms with Crippen molar-refractivity contribution in [2.24, 2.45) is 29.4 Å². The zero-order valence-corrected chi connectivity index (χ0v) is 12.7. The third-order valence-corrected chi connectivity index (χ3v) is 5.61. The Kier molecular flexibility index (Phi) is 4.48. The van der Waals surface area contributed by atoms with Gasteiger partial charge in [-0.2, -0.15) is 0 Å². The van der Waals surface area contributed by atoms with E-state index in [0.717, 1.165) is 30.2 Å². The number of nitrogens with zero attached hydrogens (tertiary/aromatic N) is 1. The van der Waals surface area contributed by atoms with Crippen LogP contribution in [0.15, 0.2) is 0 Å². The Labute approximate surface area is 119 Å². The van der Waals surface area contributed by atoms with Crippen LogP contribution < -0.4 is 5.73 Å². The summed E-state index contributed by atoms with van der Waals surface area (Å²) in [6.07, 6.45) is 11.6. The monoisotopic (exact) mass is 264 g/mol. The van der Waals surface area contributed by atoms with Crippen LogP contribution in [0.4, 0.5) is 0 Å². The molecule has 19 heavy (non-hydrogen) atoms. The molecule has 0 aliphatic heterocycles. The van der Waals surface area contributed by atoms with Gasteiger partial charge in [0.15, 0.2) is 0 Å². The predicted molar refractivity (Wildman–Crippen MR) is 81.0 cm³/mol. The first-order valence-corrected chi connectivity index (χ1v) is 8.70. The smallest absolute Gasteiger partial charge is 0.0246 e. The standard InChI is InChI=1S/C17H32N2/c1-13-3-2-4-16(9-13)17(10-18)19(11-14-5-6-14)12-15-7-8-15/h13-17H,2-12,18H2,1H3. The summed E-state index contributed by atoms with van der Waals surface area (Å²) in [6, 6.07) is 0.684. The van der Waals surface area contributed by atoms with E-state index in [1.807, 2.05) is 0 Å². The highest BCUT2D eigenvalue weighted by atomic mass is 15.2. The molecule has 3 atom stereocenters. The fourth-order valence-corrected chi connectivity index (χ4v) is 4.08. The van der Waals surface area contributed by atoms with E-state index in [9.17, 15) is 0 Å². The van der Waals surface area contributed by atoms with E-state index in [2.05, 4.69) is 11.8 Å². The van der Waals surface area contributed by atoms with Crippen LogP contribution in [-0.2, 0) is 0 Å². The van der Waals surface area contributed by atoms with Gasteiger partial charge in [0.2, 0.25) is 0 Å². The summed E-state index contributed by atoms with van der Waals surface area (Å²) >= 11 is 0. The van der Waals surface area contributed by atoms with Crippen LogP contribution in [0.1, 0.15) is 58.3 Å². The fourth-order valence-electron chi connectivity index (χ4n) is 4.08. The minimum atomic E-state index is 0.684. The zero-order valence-electron chi connectivity index (χ0n) is 12.7. The highest BCUT2D eigenvalue weighted by molar-refractivity contribution is 4.90. The molecule has 3 rings (SSSR count). The molecule has 3 fully saturated rings. The van der Waals surface area contributed by atoms with E-state index < -0.39 is 0 Å². The van der Waals surface area contributed by atoms with Gasteiger partial charge in [0.1, 0.15) is 0 Å². The molecule has 2 heteroatoms. The maximum absolute atomic E-state index is 6.20. The molecule has 2 nitrogen and oxygen atoms in total. The normalized spacial score (nSPS) is 33.6. The maximum Gasteiger partial charge on any atom is 0.0246 e. The van der Waals surface area contributed by atoms with E-state index >= 15 is 0 Å². The zero-order chi connectivity index (χ0) is 13.2. The Morgan fingerprint density at radius 3 is 2.11 bits per heavy atom. The summed E-state index contributed by atoms with van der Waals surface area (Å²) in [6.45, 7) is 6.02. The van der Waals surface area contributed by atoms with Crippen LogP contribution in [-0.4, -0.2) is 30.6 Å². The molecule has 0 spiro atoms. The summed E-state index contributed by atoms with van der Waals surface area (Å²) in [7, 11) is 0. The molecular weight excluding hydrogens is 232 g/mol. The van der Waals surface area contributed by atoms with E-state index in [4.69, 9.17) is 5.73 Å². The lowest BCUT2D eigenvalue weighted by molar-refractivity contribution is 0.0986. The Balaban J connectivity index is 1.61. The van der Waals surface area contributed by atoms with Crippen LogP contribution in [0.3, 0.4) is 0 Å². The first kappa shape index (κ1) is 13.9. The Bertz CT molecular complexity index is 269. The summed E-state index contributed by atoms with van der Waals surface area (Å²) in [5.74, 6) is 3.82. The molecule has 3 unspecified atom stereocenters. The Morgan fingerprint density at radius 2 is 1.63 bits per heavy atom. The number of hydrogen-bond donors (Lipinski definition) is 1. The average molecular weight is 264 g/mol. The van der Waals surface area contributed by atoms with Gasteiger partial charge in [-0.3, -0.25) is 4.90 Å². The van der Waals surface area contributed by atoms with Gasteiger partial charge < -0.3 is 5.73 Å². The molecule has 0 bridgehead atoms.